The van der Waals surface area contributed by atoms with Crippen LogP contribution in [0.25, 0.3) is 0 Å². The minimum Gasteiger partial charge on any atom is -0.461 e. The average Bonchev–Trinajstić information content (AvgIpc) is 2.83. The fraction of sp³-hybridized carbons (Fsp3) is 0.200. The Hall–Kier alpha value is -2.36. The van der Waals surface area contributed by atoms with Gasteiger partial charge in [0.2, 0.25) is 0 Å². The normalized spacial score (nSPS) is 10.2. The first-order valence-electron chi connectivity index (χ1n) is 6.11. The highest BCUT2D eigenvalue weighted by Crippen LogP contribution is 2.12. The van der Waals surface area contributed by atoms with E-state index in [1.165, 1.54) is 0 Å². The molecule has 0 radical (unpaired) electrons. The van der Waals surface area contributed by atoms with Crippen molar-refractivity contribution in [3.05, 3.63) is 59.4 Å². The number of nitrogens with zero attached hydrogens (tertiary/aromatic N) is 1. The number of esters is 1. The molecule has 1 aromatic carbocycles. The summed E-state index contributed by atoms with van der Waals surface area (Å²) in [6, 6.07) is 11.3. The molecular formula is C15H15NO3. The molecule has 0 saturated heterocycles. The minimum atomic E-state index is -0.411. The van der Waals surface area contributed by atoms with Gasteiger partial charge in [0, 0.05) is 18.3 Å². The highest BCUT2D eigenvalue weighted by molar-refractivity contribution is 5.90. The molecule has 0 fully saturated rings. The summed E-state index contributed by atoms with van der Waals surface area (Å²) in [5, 5.41) is 0. The van der Waals surface area contributed by atoms with Crippen molar-refractivity contribution in [1.29, 1.82) is 0 Å². The van der Waals surface area contributed by atoms with Crippen LogP contribution in [0.15, 0.2) is 42.6 Å². The molecule has 0 bridgehead atoms. The lowest BCUT2D eigenvalue weighted by Gasteiger charge is -2.08. The Morgan fingerprint density at radius 1 is 1.32 bits per heavy atom. The van der Waals surface area contributed by atoms with Gasteiger partial charge < -0.3 is 9.30 Å². The van der Waals surface area contributed by atoms with Gasteiger partial charge >= 0.3 is 5.97 Å². The third-order valence-electron chi connectivity index (χ3n) is 2.73. The van der Waals surface area contributed by atoms with Crippen molar-refractivity contribution >= 4 is 12.3 Å². The number of carbonyl (C=O) groups excluding carboxylic acids is 2. The molecule has 2 rings (SSSR count). The average molecular weight is 257 g/mol. The second-order valence-electron chi connectivity index (χ2n) is 4.11. The van der Waals surface area contributed by atoms with Crippen molar-refractivity contribution in [2.45, 2.75) is 13.5 Å². The molecule has 0 aliphatic carbocycles. The van der Waals surface area contributed by atoms with Crippen molar-refractivity contribution in [3.8, 4) is 0 Å². The zero-order chi connectivity index (χ0) is 13.7. The van der Waals surface area contributed by atoms with Crippen molar-refractivity contribution in [2.24, 2.45) is 0 Å². The van der Waals surface area contributed by atoms with Crippen LogP contribution in [-0.4, -0.2) is 23.4 Å². The van der Waals surface area contributed by atoms with Crippen LogP contribution < -0.4 is 0 Å². The molecule has 4 nitrogen and oxygen atoms in total. The zero-order valence-corrected chi connectivity index (χ0v) is 10.7. The van der Waals surface area contributed by atoms with E-state index in [4.69, 9.17) is 4.74 Å². The number of carbonyl (C=O) groups is 2. The summed E-state index contributed by atoms with van der Waals surface area (Å²) in [6.07, 6.45) is 2.39. The fourth-order valence-corrected chi connectivity index (χ4v) is 1.88. The molecule has 0 atom stereocenters. The van der Waals surface area contributed by atoms with E-state index >= 15 is 0 Å². The summed E-state index contributed by atoms with van der Waals surface area (Å²) in [5.41, 5.74) is 1.92. The molecule has 0 aliphatic heterocycles. The van der Waals surface area contributed by atoms with Crippen molar-refractivity contribution < 1.29 is 14.3 Å². The maximum atomic E-state index is 11.8. The lowest BCUT2D eigenvalue weighted by Crippen LogP contribution is -2.12. The summed E-state index contributed by atoms with van der Waals surface area (Å²) in [7, 11) is 0. The van der Waals surface area contributed by atoms with Crippen LogP contribution in [0.2, 0.25) is 0 Å². The molecule has 0 aliphatic rings. The number of rotatable bonds is 5. The third kappa shape index (κ3) is 3.10. The summed E-state index contributed by atoms with van der Waals surface area (Å²) in [4.78, 5) is 22.7. The molecule has 0 saturated carbocycles. The van der Waals surface area contributed by atoms with Crippen LogP contribution in [0, 0.1) is 0 Å². The Labute approximate surface area is 111 Å². The number of hydrogen-bond donors (Lipinski definition) is 0. The summed E-state index contributed by atoms with van der Waals surface area (Å²) < 4.78 is 6.72. The van der Waals surface area contributed by atoms with Gasteiger partial charge in [-0.1, -0.05) is 30.3 Å². The van der Waals surface area contributed by atoms with Gasteiger partial charge in [-0.3, -0.25) is 4.79 Å². The highest BCUT2D eigenvalue weighted by atomic mass is 16.5. The van der Waals surface area contributed by atoms with Crippen molar-refractivity contribution in [3.63, 3.8) is 0 Å². The van der Waals surface area contributed by atoms with Crippen molar-refractivity contribution in [2.75, 3.05) is 6.61 Å². The first-order valence-corrected chi connectivity index (χ1v) is 6.11. The van der Waals surface area contributed by atoms with E-state index in [9.17, 15) is 9.59 Å². The molecule has 0 spiro atoms. The number of ether oxygens (including phenoxy) is 1. The Bertz CT molecular complexity index is 572. The Morgan fingerprint density at radius 2 is 2.05 bits per heavy atom. The first kappa shape index (κ1) is 13.1. The second-order valence-corrected chi connectivity index (χ2v) is 4.11. The number of benzene rings is 1. The lowest BCUT2D eigenvalue weighted by molar-refractivity contribution is 0.0514. The topological polar surface area (TPSA) is 48.3 Å². The van der Waals surface area contributed by atoms with E-state index in [0.29, 0.717) is 24.4 Å². The van der Waals surface area contributed by atoms with Crippen LogP contribution in [-0.2, 0) is 11.3 Å². The van der Waals surface area contributed by atoms with E-state index in [1.807, 2.05) is 30.3 Å². The maximum absolute atomic E-state index is 11.8. The Balaban J connectivity index is 2.30. The number of aldehydes is 1. The number of aromatic nitrogens is 1. The lowest BCUT2D eigenvalue weighted by atomic mass is 10.2. The van der Waals surface area contributed by atoms with Crippen LogP contribution in [0.3, 0.4) is 0 Å². The van der Waals surface area contributed by atoms with Gasteiger partial charge in [-0.15, -0.1) is 0 Å². The van der Waals surface area contributed by atoms with Gasteiger partial charge in [0.25, 0.3) is 0 Å². The Morgan fingerprint density at radius 3 is 2.68 bits per heavy atom. The number of hydrogen-bond acceptors (Lipinski definition) is 3. The zero-order valence-electron chi connectivity index (χ0n) is 10.7. The van der Waals surface area contributed by atoms with Gasteiger partial charge in [-0.25, -0.2) is 4.79 Å². The van der Waals surface area contributed by atoms with E-state index in [-0.39, 0.29) is 0 Å². The van der Waals surface area contributed by atoms with Crippen LogP contribution in [0.5, 0.6) is 0 Å². The molecule has 19 heavy (non-hydrogen) atoms. The predicted octanol–water partition coefficient (Wildman–Crippen LogP) is 2.53. The molecule has 0 amide bonds. The summed E-state index contributed by atoms with van der Waals surface area (Å²) >= 11 is 0. The SMILES string of the molecule is CCOC(=O)c1cc(C=O)cn1Cc1ccccc1. The van der Waals surface area contributed by atoms with E-state index < -0.39 is 5.97 Å². The standard InChI is InChI=1S/C15H15NO3/c1-2-19-15(18)14-8-13(11-17)10-16(14)9-12-6-4-3-5-7-12/h3-8,10-11H,2,9H2,1H3. The molecule has 1 aromatic heterocycles. The molecule has 4 heteroatoms. The van der Waals surface area contributed by atoms with Gasteiger partial charge in [-0.2, -0.15) is 0 Å². The highest BCUT2D eigenvalue weighted by Gasteiger charge is 2.14. The summed E-state index contributed by atoms with van der Waals surface area (Å²) in [6.45, 7) is 2.59. The molecular weight excluding hydrogens is 242 g/mol. The second kappa shape index (κ2) is 6.00. The predicted molar refractivity (Wildman–Crippen MR) is 71.3 cm³/mol. The maximum Gasteiger partial charge on any atom is 0.354 e. The third-order valence-corrected chi connectivity index (χ3v) is 2.73. The fourth-order valence-electron chi connectivity index (χ4n) is 1.88. The minimum absolute atomic E-state index is 0.311. The van der Waals surface area contributed by atoms with Crippen LogP contribution >= 0.6 is 0 Å². The van der Waals surface area contributed by atoms with Crippen molar-refractivity contribution in [1.82, 2.24) is 4.57 Å². The Kier molecular flexibility index (Phi) is 4.13. The molecule has 98 valence electrons. The van der Waals surface area contributed by atoms with Gasteiger partial charge in [0.15, 0.2) is 6.29 Å². The molecule has 0 N–H and O–H groups in total. The van der Waals surface area contributed by atoms with Crippen LogP contribution in [0.1, 0.15) is 33.3 Å². The quantitative estimate of drug-likeness (QED) is 0.611. The smallest absolute Gasteiger partial charge is 0.354 e. The van der Waals surface area contributed by atoms with E-state index in [2.05, 4.69) is 0 Å². The van der Waals surface area contributed by atoms with Gasteiger partial charge in [0.1, 0.15) is 5.69 Å². The summed E-state index contributed by atoms with van der Waals surface area (Å²) in [5.74, 6) is -0.411. The largest absolute Gasteiger partial charge is 0.461 e. The molecule has 1 heterocycles. The first-order chi connectivity index (χ1) is 9.24. The van der Waals surface area contributed by atoms with Crippen LogP contribution in [0.4, 0.5) is 0 Å². The van der Waals surface area contributed by atoms with E-state index in [1.54, 1.807) is 23.8 Å². The molecule has 0 unspecified atom stereocenters. The van der Waals surface area contributed by atoms with E-state index in [0.717, 1.165) is 11.8 Å². The van der Waals surface area contributed by atoms with Gasteiger partial charge in [0.05, 0.1) is 6.61 Å². The molecule has 2 aromatic rings. The van der Waals surface area contributed by atoms with Gasteiger partial charge in [-0.05, 0) is 18.6 Å². The monoisotopic (exact) mass is 257 g/mol.